The molecule has 0 aliphatic heterocycles. The molecule has 0 heterocycles. The smallest absolute Gasteiger partial charge is 0.293 e. The van der Waals surface area contributed by atoms with E-state index >= 15 is 0 Å². The van der Waals surface area contributed by atoms with Crippen molar-refractivity contribution in [2.75, 3.05) is 4.90 Å². The topological polar surface area (TPSA) is 46.4 Å². The number of hydrogen-bond acceptors (Lipinski definition) is 3. The quantitative estimate of drug-likeness (QED) is 0.238. The molecule has 0 unspecified atom stereocenters. The normalized spacial score (nSPS) is 10.9. The summed E-state index contributed by atoms with van der Waals surface area (Å²) in [6, 6.07) is 35.2. The molecule has 5 rings (SSSR count). The molecule has 0 atom stereocenters. The lowest BCUT2D eigenvalue weighted by Crippen LogP contribution is -2.12. The Labute approximate surface area is 173 Å². The van der Waals surface area contributed by atoms with Crippen LogP contribution in [0.25, 0.3) is 21.5 Å². The van der Waals surface area contributed by atoms with Gasteiger partial charge in [0.2, 0.25) is 0 Å². The van der Waals surface area contributed by atoms with Crippen molar-refractivity contribution in [1.29, 1.82) is 0 Å². The average Bonchev–Trinajstić information content (AvgIpc) is 2.80. The summed E-state index contributed by atoms with van der Waals surface area (Å²) in [6.45, 7) is 0. The first-order chi connectivity index (χ1) is 14.7. The first-order valence-corrected chi connectivity index (χ1v) is 9.72. The zero-order valence-electron chi connectivity index (χ0n) is 16.1. The number of rotatable bonds is 4. The van der Waals surface area contributed by atoms with Crippen LogP contribution in [-0.2, 0) is 0 Å². The fourth-order valence-electron chi connectivity index (χ4n) is 3.93. The lowest BCUT2D eigenvalue weighted by Gasteiger charge is -2.26. The van der Waals surface area contributed by atoms with Crippen molar-refractivity contribution >= 4 is 44.3 Å². The molecule has 30 heavy (non-hydrogen) atoms. The van der Waals surface area contributed by atoms with Gasteiger partial charge in [0, 0.05) is 22.8 Å². The predicted molar refractivity (Wildman–Crippen MR) is 123 cm³/mol. The van der Waals surface area contributed by atoms with Gasteiger partial charge in [-0.05, 0) is 46.5 Å². The summed E-state index contributed by atoms with van der Waals surface area (Å²) in [5.41, 5.74) is 2.39. The van der Waals surface area contributed by atoms with Crippen molar-refractivity contribution in [1.82, 2.24) is 0 Å². The summed E-state index contributed by atoms with van der Waals surface area (Å²) in [5.74, 6) is 0. The second kappa shape index (κ2) is 7.33. The van der Waals surface area contributed by atoms with Gasteiger partial charge in [0.1, 0.15) is 5.69 Å². The van der Waals surface area contributed by atoms with E-state index in [9.17, 15) is 10.1 Å². The Morgan fingerprint density at radius 1 is 0.600 bits per heavy atom. The first-order valence-electron chi connectivity index (χ1n) is 9.72. The molecule has 144 valence electrons. The molecular formula is C26H18N2O2. The lowest BCUT2D eigenvalue weighted by molar-refractivity contribution is -0.383. The standard InChI is InChI=1S/C26H18N2O2/c29-28(30)25-17-15-20-9-6-7-13-24(20)26(25)27(22-11-2-1-3-12-22)23-16-14-19-8-4-5-10-21(19)18-23/h1-18H. The summed E-state index contributed by atoms with van der Waals surface area (Å²) in [7, 11) is 0. The Balaban J connectivity index is 1.86. The van der Waals surface area contributed by atoms with Crippen LogP contribution in [0, 0.1) is 10.1 Å². The Morgan fingerprint density at radius 2 is 1.23 bits per heavy atom. The van der Waals surface area contributed by atoms with Gasteiger partial charge in [-0.1, -0.05) is 72.8 Å². The summed E-state index contributed by atoms with van der Waals surface area (Å²) in [6.07, 6.45) is 0. The third-order valence-corrected chi connectivity index (χ3v) is 5.31. The van der Waals surface area contributed by atoms with Crippen LogP contribution in [0.4, 0.5) is 22.7 Å². The highest BCUT2D eigenvalue weighted by molar-refractivity contribution is 6.04. The third kappa shape index (κ3) is 3.05. The van der Waals surface area contributed by atoms with Gasteiger partial charge in [-0.25, -0.2) is 0 Å². The van der Waals surface area contributed by atoms with Crippen LogP contribution in [0.3, 0.4) is 0 Å². The van der Waals surface area contributed by atoms with Crippen LogP contribution in [0.5, 0.6) is 0 Å². The number of nitro benzene ring substituents is 1. The number of nitro groups is 1. The van der Waals surface area contributed by atoms with E-state index in [4.69, 9.17) is 0 Å². The molecule has 5 aromatic carbocycles. The number of fused-ring (bicyclic) bond motifs is 2. The maximum absolute atomic E-state index is 12.0. The molecule has 0 saturated carbocycles. The zero-order chi connectivity index (χ0) is 20.5. The third-order valence-electron chi connectivity index (χ3n) is 5.31. The number of para-hydroxylation sites is 1. The van der Waals surface area contributed by atoms with Gasteiger partial charge in [0.05, 0.1) is 4.92 Å². The van der Waals surface area contributed by atoms with Gasteiger partial charge >= 0.3 is 0 Å². The Bertz CT molecular complexity index is 1380. The van der Waals surface area contributed by atoms with Gasteiger partial charge in [-0.15, -0.1) is 0 Å². The van der Waals surface area contributed by atoms with Crippen LogP contribution >= 0.6 is 0 Å². The van der Waals surface area contributed by atoms with Crippen molar-refractivity contribution in [3.05, 3.63) is 119 Å². The van der Waals surface area contributed by atoms with Crippen LogP contribution in [0.1, 0.15) is 0 Å². The van der Waals surface area contributed by atoms with Crippen molar-refractivity contribution in [2.45, 2.75) is 0 Å². The largest absolute Gasteiger partial charge is 0.304 e. The van der Waals surface area contributed by atoms with Crippen molar-refractivity contribution < 1.29 is 4.92 Å². The molecule has 0 aliphatic rings. The van der Waals surface area contributed by atoms with Gasteiger partial charge in [-0.3, -0.25) is 10.1 Å². The Hall–Kier alpha value is -4.18. The Kier molecular flexibility index (Phi) is 4.37. The number of hydrogen-bond donors (Lipinski definition) is 0. The zero-order valence-corrected chi connectivity index (χ0v) is 16.1. The van der Waals surface area contributed by atoms with Crippen molar-refractivity contribution in [3.63, 3.8) is 0 Å². The van der Waals surface area contributed by atoms with E-state index in [1.807, 2.05) is 77.7 Å². The molecule has 0 saturated heterocycles. The molecule has 0 spiro atoms. The monoisotopic (exact) mass is 390 g/mol. The van der Waals surface area contributed by atoms with E-state index in [0.717, 1.165) is 32.9 Å². The predicted octanol–water partition coefficient (Wildman–Crippen LogP) is 7.37. The summed E-state index contributed by atoms with van der Waals surface area (Å²) < 4.78 is 0. The highest BCUT2D eigenvalue weighted by atomic mass is 16.6. The van der Waals surface area contributed by atoms with Crippen molar-refractivity contribution in [3.8, 4) is 0 Å². The maximum Gasteiger partial charge on any atom is 0.293 e. The van der Waals surface area contributed by atoms with Gasteiger partial charge in [0.25, 0.3) is 5.69 Å². The molecule has 0 N–H and O–H groups in total. The second-order valence-corrected chi connectivity index (χ2v) is 7.11. The molecule has 0 radical (unpaired) electrons. The van der Waals surface area contributed by atoms with Gasteiger partial charge < -0.3 is 4.90 Å². The fraction of sp³-hybridized carbons (Fsp3) is 0. The highest BCUT2D eigenvalue weighted by Crippen LogP contribution is 2.44. The van der Waals surface area contributed by atoms with Crippen LogP contribution < -0.4 is 4.90 Å². The van der Waals surface area contributed by atoms with Crippen LogP contribution in [0.2, 0.25) is 0 Å². The molecule has 4 nitrogen and oxygen atoms in total. The van der Waals surface area contributed by atoms with E-state index in [2.05, 4.69) is 24.3 Å². The summed E-state index contributed by atoms with van der Waals surface area (Å²) in [5, 5.41) is 16.0. The number of nitrogens with zero attached hydrogens (tertiary/aromatic N) is 2. The molecule has 5 aromatic rings. The molecule has 0 fully saturated rings. The molecule has 0 bridgehead atoms. The molecule has 0 amide bonds. The number of benzene rings is 5. The Morgan fingerprint density at radius 3 is 2.00 bits per heavy atom. The van der Waals surface area contributed by atoms with E-state index < -0.39 is 0 Å². The van der Waals surface area contributed by atoms with E-state index in [1.54, 1.807) is 12.1 Å². The lowest BCUT2D eigenvalue weighted by atomic mass is 10.0. The molecule has 0 aromatic heterocycles. The SMILES string of the molecule is O=[N+]([O-])c1ccc2ccccc2c1N(c1ccccc1)c1ccc2ccccc2c1. The number of anilines is 3. The minimum absolute atomic E-state index is 0.0747. The molecule has 0 aliphatic carbocycles. The van der Waals surface area contributed by atoms with Gasteiger partial charge in [-0.2, -0.15) is 0 Å². The first kappa shape index (κ1) is 17.9. The van der Waals surface area contributed by atoms with Crippen LogP contribution in [-0.4, -0.2) is 4.92 Å². The van der Waals surface area contributed by atoms with Crippen molar-refractivity contribution in [2.24, 2.45) is 0 Å². The van der Waals surface area contributed by atoms with Gasteiger partial charge in [0.15, 0.2) is 0 Å². The average molecular weight is 390 g/mol. The van der Waals surface area contributed by atoms with Crippen LogP contribution in [0.15, 0.2) is 109 Å². The second-order valence-electron chi connectivity index (χ2n) is 7.11. The molecule has 4 heteroatoms. The minimum atomic E-state index is -0.307. The summed E-state index contributed by atoms with van der Waals surface area (Å²) >= 11 is 0. The van der Waals surface area contributed by atoms with E-state index in [-0.39, 0.29) is 10.6 Å². The molecular weight excluding hydrogens is 372 g/mol. The summed E-state index contributed by atoms with van der Waals surface area (Å²) in [4.78, 5) is 13.7. The minimum Gasteiger partial charge on any atom is -0.304 e. The van der Waals surface area contributed by atoms with E-state index in [1.165, 1.54) is 0 Å². The highest BCUT2D eigenvalue weighted by Gasteiger charge is 2.25. The maximum atomic E-state index is 12.0. The fourth-order valence-corrected chi connectivity index (χ4v) is 3.93. The van der Waals surface area contributed by atoms with E-state index in [0.29, 0.717) is 5.69 Å².